The molecule has 17 heavy (non-hydrogen) atoms. The van der Waals surface area contributed by atoms with E-state index in [-0.39, 0.29) is 5.91 Å². The summed E-state index contributed by atoms with van der Waals surface area (Å²) in [5.41, 5.74) is 0.705. The van der Waals surface area contributed by atoms with Gasteiger partial charge in [0.1, 0.15) is 0 Å². The first-order valence-electron chi connectivity index (χ1n) is 5.93. The number of nitrogens with zero attached hydrogens (tertiary/aromatic N) is 1. The normalized spacial score (nSPS) is 19.7. The van der Waals surface area contributed by atoms with E-state index in [1.165, 1.54) is 0 Å². The first-order chi connectivity index (χ1) is 8.13. The van der Waals surface area contributed by atoms with Crippen molar-refractivity contribution in [3.8, 4) is 0 Å². The monoisotopic (exact) mass is 313 g/mol. The molecule has 2 nitrogen and oxygen atoms in total. The predicted molar refractivity (Wildman–Crippen MR) is 75.7 cm³/mol. The van der Waals surface area contributed by atoms with Crippen molar-refractivity contribution in [1.29, 1.82) is 0 Å². The number of rotatable bonds is 2. The third-order valence-electron chi connectivity index (χ3n) is 3.30. The summed E-state index contributed by atoms with van der Waals surface area (Å²) < 4.78 is 0.951. The van der Waals surface area contributed by atoms with Crippen molar-refractivity contribution in [2.45, 2.75) is 37.1 Å². The van der Waals surface area contributed by atoms with Gasteiger partial charge in [0.05, 0.1) is 5.56 Å². The van der Waals surface area contributed by atoms with Crippen LogP contribution in [-0.2, 0) is 0 Å². The molecule has 0 N–H and O–H groups in total. The minimum atomic E-state index is 0.117. The molecule has 0 aromatic heterocycles. The number of amides is 1. The molecule has 1 aromatic carbocycles. The maximum Gasteiger partial charge on any atom is 0.255 e. The summed E-state index contributed by atoms with van der Waals surface area (Å²) in [6, 6.07) is 6.01. The van der Waals surface area contributed by atoms with Crippen LogP contribution in [0.2, 0.25) is 0 Å². The fraction of sp³-hybridized carbons (Fsp3) is 0.462. The first-order valence-corrected chi connectivity index (χ1v) is 7.17. The van der Waals surface area contributed by atoms with E-state index >= 15 is 0 Å². The molecule has 92 valence electrons. The van der Waals surface area contributed by atoms with Gasteiger partial charge < -0.3 is 4.90 Å². The number of halogens is 1. The zero-order chi connectivity index (χ0) is 12.4. The molecule has 0 spiro atoms. The second-order valence-corrected chi connectivity index (χ2v) is 5.76. The molecular weight excluding hydrogens is 298 g/mol. The Bertz CT molecular complexity index is 435. The highest BCUT2D eigenvalue weighted by Crippen LogP contribution is 2.26. The highest BCUT2D eigenvalue weighted by molar-refractivity contribution is 9.10. The van der Waals surface area contributed by atoms with Gasteiger partial charge in [-0.25, -0.2) is 0 Å². The highest BCUT2D eigenvalue weighted by atomic mass is 79.9. The van der Waals surface area contributed by atoms with Crippen molar-refractivity contribution in [2.75, 3.05) is 6.54 Å². The molecule has 1 atom stereocenters. The topological polar surface area (TPSA) is 20.3 Å². The van der Waals surface area contributed by atoms with Gasteiger partial charge in [0.15, 0.2) is 0 Å². The SMILES string of the molecule is CCC1CCCN1C(=O)c1ccc(Br)cc1S. The molecule has 0 bridgehead atoms. The van der Waals surface area contributed by atoms with Gasteiger partial charge in [-0.3, -0.25) is 4.79 Å². The number of thiol groups is 1. The molecule has 1 aliphatic heterocycles. The Morgan fingerprint density at radius 3 is 3.00 bits per heavy atom. The number of hydrogen-bond donors (Lipinski definition) is 1. The maximum absolute atomic E-state index is 12.4. The third kappa shape index (κ3) is 2.68. The minimum absolute atomic E-state index is 0.117. The standard InChI is InChI=1S/C13H16BrNOS/c1-2-10-4-3-7-15(10)13(16)11-6-5-9(14)8-12(11)17/h5-6,8,10,17H,2-4,7H2,1H3. The lowest BCUT2D eigenvalue weighted by molar-refractivity contribution is 0.0730. The van der Waals surface area contributed by atoms with Crippen LogP contribution in [0.5, 0.6) is 0 Å². The molecule has 1 aliphatic rings. The Morgan fingerprint density at radius 2 is 2.35 bits per heavy atom. The van der Waals surface area contributed by atoms with Crippen LogP contribution >= 0.6 is 28.6 Å². The lowest BCUT2D eigenvalue weighted by Gasteiger charge is -2.24. The number of hydrogen-bond acceptors (Lipinski definition) is 2. The summed E-state index contributed by atoms with van der Waals surface area (Å²) in [5, 5.41) is 0. The van der Waals surface area contributed by atoms with Crippen LogP contribution in [0, 0.1) is 0 Å². The second kappa shape index (κ2) is 5.44. The van der Waals surface area contributed by atoms with Gasteiger partial charge in [-0.1, -0.05) is 22.9 Å². The summed E-state index contributed by atoms with van der Waals surface area (Å²) >= 11 is 7.76. The molecule has 1 amide bonds. The summed E-state index contributed by atoms with van der Waals surface area (Å²) in [4.78, 5) is 15.1. The van der Waals surface area contributed by atoms with E-state index in [4.69, 9.17) is 0 Å². The fourth-order valence-corrected chi connectivity index (χ4v) is 3.22. The number of benzene rings is 1. The molecule has 2 rings (SSSR count). The summed E-state index contributed by atoms with van der Waals surface area (Å²) in [6.45, 7) is 3.01. The van der Waals surface area contributed by atoms with Crippen LogP contribution in [0.3, 0.4) is 0 Å². The van der Waals surface area contributed by atoms with E-state index < -0.39 is 0 Å². The van der Waals surface area contributed by atoms with Gasteiger partial charge in [0, 0.05) is 22.0 Å². The van der Waals surface area contributed by atoms with Crippen molar-refractivity contribution < 1.29 is 4.79 Å². The lowest BCUT2D eigenvalue weighted by Crippen LogP contribution is -2.35. The Labute approximate surface area is 116 Å². The molecule has 1 saturated heterocycles. The molecular formula is C13H16BrNOS. The van der Waals surface area contributed by atoms with Crippen molar-refractivity contribution in [3.05, 3.63) is 28.2 Å². The van der Waals surface area contributed by atoms with Crippen molar-refractivity contribution in [1.82, 2.24) is 4.90 Å². The van der Waals surface area contributed by atoms with E-state index in [0.29, 0.717) is 11.6 Å². The van der Waals surface area contributed by atoms with Gasteiger partial charge in [-0.15, -0.1) is 12.6 Å². The molecule has 1 fully saturated rings. The van der Waals surface area contributed by atoms with Crippen LogP contribution in [0.15, 0.2) is 27.6 Å². The van der Waals surface area contributed by atoms with E-state index in [1.54, 1.807) is 0 Å². The summed E-state index contributed by atoms with van der Waals surface area (Å²) in [5.74, 6) is 0.117. The lowest BCUT2D eigenvalue weighted by atomic mass is 10.1. The molecule has 0 aliphatic carbocycles. The van der Waals surface area contributed by atoms with Gasteiger partial charge in [-0.05, 0) is 37.5 Å². The average Bonchev–Trinajstić information content (AvgIpc) is 2.76. The largest absolute Gasteiger partial charge is 0.336 e. The van der Waals surface area contributed by atoms with E-state index in [9.17, 15) is 4.79 Å². The molecule has 4 heteroatoms. The predicted octanol–water partition coefficient (Wildman–Crippen LogP) is 3.75. The van der Waals surface area contributed by atoms with Crippen molar-refractivity contribution >= 4 is 34.5 Å². The van der Waals surface area contributed by atoms with Gasteiger partial charge in [0.25, 0.3) is 5.91 Å². The van der Waals surface area contributed by atoms with E-state index in [1.807, 2.05) is 23.1 Å². The second-order valence-electron chi connectivity index (χ2n) is 4.36. The Hall–Kier alpha value is -0.480. The molecule has 0 saturated carbocycles. The van der Waals surface area contributed by atoms with Gasteiger partial charge >= 0.3 is 0 Å². The van der Waals surface area contributed by atoms with Crippen molar-refractivity contribution in [3.63, 3.8) is 0 Å². The van der Waals surface area contributed by atoms with Crippen LogP contribution in [0.4, 0.5) is 0 Å². The van der Waals surface area contributed by atoms with Crippen LogP contribution < -0.4 is 0 Å². The third-order valence-corrected chi connectivity index (χ3v) is 4.16. The Morgan fingerprint density at radius 1 is 1.59 bits per heavy atom. The van der Waals surface area contributed by atoms with Gasteiger partial charge in [0.2, 0.25) is 0 Å². The Balaban J connectivity index is 2.24. The highest BCUT2D eigenvalue weighted by Gasteiger charge is 2.28. The van der Waals surface area contributed by atoms with E-state index in [0.717, 1.165) is 35.2 Å². The summed E-state index contributed by atoms with van der Waals surface area (Å²) in [6.07, 6.45) is 3.27. The van der Waals surface area contributed by atoms with Crippen LogP contribution in [0.1, 0.15) is 36.5 Å². The zero-order valence-electron chi connectivity index (χ0n) is 9.82. The quantitative estimate of drug-likeness (QED) is 0.824. The smallest absolute Gasteiger partial charge is 0.255 e. The number of carbonyl (C=O) groups is 1. The maximum atomic E-state index is 12.4. The Kier molecular flexibility index (Phi) is 4.15. The van der Waals surface area contributed by atoms with Gasteiger partial charge in [-0.2, -0.15) is 0 Å². The number of carbonyl (C=O) groups excluding carboxylic acids is 1. The van der Waals surface area contributed by atoms with Crippen LogP contribution in [-0.4, -0.2) is 23.4 Å². The molecule has 1 heterocycles. The van der Waals surface area contributed by atoms with E-state index in [2.05, 4.69) is 35.5 Å². The minimum Gasteiger partial charge on any atom is -0.336 e. The average molecular weight is 314 g/mol. The zero-order valence-corrected chi connectivity index (χ0v) is 12.3. The molecule has 1 unspecified atom stereocenters. The molecule has 1 aromatic rings. The fourth-order valence-electron chi connectivity index (χ4n) is 2.37. The van der Waals surface area contributed by atoms with Crippen molar-refractivity contribution in [2.24, 2.45) is 0 Å². The first kappa shape index (κ1) is 13.0. The van der Waals surface area contributed by atoms with Crippen LogP contribution in [0.25, 0.3) is 0 Å². The summed E-state index contributed by atoms with van der Waals surface area (Å²) in [7, 11) is 0. The number of likely N-dealkylation sites (tertiary alicyclic amines) is 1. The molecule has 0 radical (unpaired) electrons.